The fourth-order valence-electron chi connectivity index (χ4n) is 3.99. The number of urea groups is 1. The van der Waals surface area contributed by atoms with Crippen molar-refractivity contribution in [2.75, 3.05) is 7.11 Å². The molecule has 0 saturated carbocycles. The number of nitrogens with one attached hydrogen (secondary N) is 1. The molecule has 4 aromatic rings. The Labute approximate surface area is 205 Å². The zero-order valence-electron chi connectivity index (χ0n) is 18.9. The van der Waals surface area contributed by atoms with Crippen molar-refractivity contribution >= 4 is 23.2 Å². The Morgan fingerprint density at radius 1 is 1.20 bits per heavy atom. The van der Waals surface area contributed by atoms with Crippen LogP contribution in [0.3, 0.4) is 0 Å². The number of methoxy groups -OCH3 is 1. The molecule has 3 heterocycles. The van der Waals surface area contributed by atoms with Crippen LogP contribution in [-0.4, -0.2) is 33.3 Å². The van der Waals surface area contributed by atoms with E-state index in [0.29, 0.717) is 39.2 Å². The fraction of sp³-hybridized carbons (Fsp3) is 0.160. The normalized spacial score (nSPS) is 15.9. The number of carbonyl (C=O) groups excluding carboxylic acids is 1. The molecule has 1 aliphatic rings. The summed E-state index contributed by atoms with van der Waals surface area (Å²) in [6, 6.07) is 14.6. The van der Waals surface area contributed by atoms with Crippen molar-refractivity contribution in [3.05, 3.63) is 88.8 Å². The average Bonchev–Trinajstić information content (AvgIpc) is 3.54. The summed E-state index contributed by atoms with van der Waals surface area (Å²) < 4.78 is 16.3. The number of carbonyl (C=O) groups is 1. The highest BCUT2D eigenvalue weighted by atomic mass is 35.5. The first-order chi connectivity index (χ1) is 16.9. The van der Waals surface area contributed by atoms with Crippen LogP contribution >= 0.6 is 11.6 Å². The lowest BCUT2D eigenvalue weighted by atomic mass is 9.94. The van der Waals surface area contributed by atoms with Crippen molar-refractivity contribution in [3.8, 4) is 22.9 Å². The zero-order valence-corrected chi connectivity index (χ0v) is 19.6. The quantitative estimate of drug-likeness (QED) is 0.370. The molecule has 2 N–H and O–H groups in total. The molecule has 178 valence electrons. The van der Waals surface area contributed by atoms with Gasteiger partial charge in [0.25, 0.3) is 5.89 Å². The van der Waals surface area contributed by atoms with Crippen molar-refractivity contribution in [3.63, 3.8) is 0 Å². The lowest BCUT2D eigenvalue weighted by Gasteiger charge is -2.34. The lowest BCUT2D eigenvalue weighted by molar-refractivity contribution is 0.199. The molecular weight excluding hydrogens is 472 g/mol. The van der Waals surface area contributed by atoms with Gasteiger partial charge in [-0.15, -0.1) is 0 Å². The number of halogens is 1. The number of benzene rings is 2. The second kappa shape index (κ2) is 9.19. The molecule has 0 bridgehead atoms. The molecule has 0 radical (unpaired) electrons. The zero-order chi connectivity index (χ0) is 24.5. The molecule has 0 aliphatic carbocycles. The van der Waals surface area contributed by atoms with E-state index in [1.165, 1.54) is 13.2 Å². The van der Waals surface area contributed by atoms with Gasteiger partial charge in [0, 0.05) is 16.3 Å². The van der Waals surface area contributed by atoms with Crippen LogP contribution in [-0.2, 0) is 6.54 Å². The Balaban J connectivity index is 1.60. The molecular formula is C25H21ClN4O5. The van der Waals surface area contributed by atoms with E-state index in [4.69, 9.17) is 25.3 Å². The van der Waals surface area contributed by atoms with Gasteiger partial charge in [-0.05, 0) is 61.0 Å². The van der Waals surface area contributed by atoms with Gasteiger partial charge in [0.2, 0.25) is 5.82 Å². The Bertz CT molecular complexity index is 1400. The maximum Gasteiger partial charge on any atom is 0.322 e. The molecule has 0 saturated heterocycles. The van der Waals surface area contributed by atoms with Crippen LogP contribution in [0, 0.1) is 0 Å². The summed E-state index contributed by atoms with van der Waals surface area (Å²) in [6.45, 7) is 2.02. The summed E-state index contributed by atoms with van der Waals surface area (Å²) in [6.07, 6.45) is 1.55. The Kier molecular flexibility index (Phi) is 5.92. The number of phenolic OH excluding ortho intramolecular Hbond substituents is 1. The first-order valence-corrected chi connectivity index (χ1v) is 11.1. The van der Waals surface area contributed by atoms with Crippen molar-refractivity contribution in [1.29, 1.82) is 0 Å². The van der Waals surface area contributed by atoms with Gasteiger partial charge >= 0.3 is 6.03 Å². The molecule has 1 aliphatic heterocycles. The number of hydrogen-bond acceptors (Lipinski definition) is 7. The first kappa shape index (κ1) is 22.5. The highest BCUT2D eigenvalue weighted by Gasteiger charge is 2.36. The molecule has 1 atom stereocenters. The van der Waals surface area contributed by atoms with E-state index in [1.54, 1.807) is 66.6 Å². The number of amides is 2. The van der Waals surface area contributed by atoms with Gasteiger partial charge < -0.3 is 24.1 Å². The summed E-state index contributed by atoms with van der Waals surface area (Å²) >= 11 is 6.00. The van der Waals surface area contributed by atoms with Gasteiger partial charge in [-0.2, -0.15) is 4.98 Å². The summed E-state index contributed by atoms with van der Waals surface area (Å²) in [5.74, 6) is 1.49. The number of hydrogen-bond donors (Lipinski definition) is 2. The molecule has 35 heavy (non-hydrogen) atoms. The van der Waals surface area contributed by atoms with Crippen LogP contribution in [0.25, 0.3) is 17.0 Å². The minimum Gasteiger partial charge on any atom is -0.504 e. The van der Waals surface area contributed by atoms with Crippen LogP contribution < -0.4 is 10.1 Å². The van der Waals surface area contributed by atoms with Gasteiger partial charge in [-0.3, -0.25) is 4.90 Å². The topological polar surface area (TPSA) is 114 Å². The summed E-state index contributed by atoms with van der Waals surface area (Å²) in [5, 5.41) is 18.1. The molecule has 5 rings (SSSR count). The predicted octanol–water partition coefficient (Wildman–Crippen LogP) is 5.39. The smallest absolute Gasteiger partial charge is 0.322 e. The number of nitrogens with zero attached hydrogens (tertiary/aromatic N) is 3. The number of allylic oxidation sites excluding steroid dienone is 1. The Hall–Kier alpha value is -4.24. The largest absolute Gasteiger partial charge is 0.504 e. The third kappa shape index (κ3) is 4.33. The van der Waals surface area contributed by atoms with Crippen molar-refractivity contribution in [1.82, 2.24) is 20.4 Å². The second-order valence-corrected chi connectivity index (χ2v) is 8.34. The maximum atomic E-state index is 13.1. The Morgan fingerprint density at radius 2 is 2.00 bits per heavy atom. The molecule has 2 amide bonds. The number of rotatable bonds is 6. The number of aromatic hydroxyl groups is 1. The van der Waals surface area contributed by atoms with Crippen LogP contribution in [0.15, 0.2) is 75.5 Å². The Morgan fingerprint density at radius 3 is 2.69 bits per heavy atom. The van der Waals surface area contributed by atoms with Crippen molar-refractivity contribution < 1.29 is 23.6 Å². The second-order valence-electron chi connectivity index (χ2n) is 7.91. The number of phenols is 1. The fourth-order valence-corrected chi connectivity index (χ4v) is 4.12. The molecule has 2 aromatic heterocycles. The van der Waals surface area contributed by atoms with Crippen molar-refractivity contribution in [2.24, 2.45) is 0 Å². The number of furan rings is 1. The third-order valence-electron chi connectivity index (χ3n) is 5.79. The van der Waals surface area contributed by atoms with Crippen LogP contribution in [0.2, 0.25) is 5.02 Å². The SMILES string of the molecule is COc1ccc(C2NC(=O)N(Cc3ccco3)C(C)=C2c2nc(-c3ccc(Cl)cc3)no2)cc1O. The van der Waals surface area contributed by atoms with E-state index in [1.807, 2.05) is 0 Å². The summed E-state index contributed by atoms with van der Waals surface area (Å²) in [7, 11) is 1.47. The van der Waals surface area contributed by atoms with Crippen LogP contribution in [0.5, 0.6) is 11.5 Å². The molecule has 1 unspecified atom stereocenters. The van der Waals surface area contributed by atoms with Gasteiger partial charge in [-0.1, -0.05) is 22.8 Å². The number of aromatic nitrogens is 2. The molecule has 9 nitrogen and oxygen atoms in total. The monoisotopic (exact) mass is 492 g/mol. The lowest BCUT2D eigenvalue weighted by Crippen LogP contribution is -2.45. The van der Waals surface area contributed by atoms with E-state index >= 15 is 0 Å². The van der Waals surface area contributed by atoms with E-state index in [2.05, 4.69) is 15.5 Å². The van der Waals surface area contributed by atoms with Crippen LogP contribution in [0.4, 0.5) is 4.79 Å². The molecule has 0 fully saturated rings. The van der Waals surface area contributed by atoms with Gasteiger partial charge in [0.05, 0.1) is 31.5 Å². The predicted molar refractivity (Wildman–Crippen MR) is 128 cm³/mol. The average molecular weight is 493 g/mol. The first-order valence-electron chi connectivity index (χ1n) is 10.7. The van der Waals surface area contributed by atoms with E-state index in [-0.39, 0.29) is 24.2 Å². The molecule has 10 heteroatoms. The summed E-state index contributed by atoms with van der Waals surface area (Å²) in [4.78, 5) is 19.3. The number of ether oxygens (including phenoxy) is 1. The minimum atomic E-state index is -0.661. The highest BCUT2D eigenvalue weighted by molar-refractivity contribution is 6.30. The highest BCUT2D eigenvalue weighted by Crippen LogP contribution is 2.40. The molecule has 2 aromatic carbocycles. The van der Waals surface area contributed by atoms with Gasteiger partial charge in [0.15, 0.2) is 11.5 Å². The van der Waals surface area contributed by atoms with Crippen LogP contribution in [0.1, 0.15) is 30.2 Å². The van der Waals surface area contributed by atoms with E-state index in [0.717, 1.165) is 5.56 Å². The maximum absolute atomic E-state index is 13.1. The van der Waals surface area contributed by atoms with Crippen molar-refractivity contribution in [2.45, 2.75) is 19.5 Å². The minimum absolute atomic E-state index is 0.0540. The van der Waals surface area contributed by atoms with Gasteiger partial charge in [-0.25, -0.2) is 4.79 Å². The standard InChI is InChI=1S/C25H21ClN4O5/c1-14-21(24-28-23(29-35-24)15-5-8-17(26)9-6-15)22(16-7-10-20(33-2)19(31)12-16)27-25(32)30(14)13-18-4-3-11-34-18/h3-12,22,31H,13H2,1-2H3,(H,27,32). The van der Waals surface area contributed by atoms with E-state index in [9.17, 15) is 9.90 Å². The van der Waals surface area contributed by atoms with E-state index < -0.39 is 6.04 Å². The molecule has 0 spiro atoms. The third-order valence-corrected chi connectivity index (χ3v) is 6.04. The summed E-state index contributed by atoms with van der Waals surface area (Å²) in [5.41, 5.74) is 2.55. The van der Waals surface area contributed by atoms with Gasteiger partial charge in [0.1, 0.15) is 5.76 Å².